The lowest BCUT2D eigenvalue weighted by Gasteiger charge is -2.17. The molecule has 1 N–H and O–H groups in total. The first-order valence-corrected chi connectivity index (χ1v) is 7.26. The van der Waals surface area contributed by atoms with E-state index < -0.39 is 0 Å². The Kier molecular flexibility index (Phi) is 5.62. The molecule has 0 bridgehead atoms. The van der Waals surface area contributed by atoms with Crippen LogP contribution in [0.25, 0.3) is 0 Å². The summed E-state index contributed by atoms with van der Waals surface area (Å²) in [5.41, 5.74) is 0.884. The summed E-state index contributed by atoms with van der Waals surface area (Å²) in [7, 11) is 1.58. The minimum atomic E-state index is 0.0675. The van der Waals surface area contributed by atoms with Crippen LogP contribution in [0.3, 0.4) is 0 Å². The zero-order valence-electron chi connectivity index (χ0n) is 12.8. The van der Waals surface area contributed by atoms with Gasteiger partial charge in [-0.2, -0.15) is 10.2 Å². The second kappa shape index (κ2) is 7.68. The summed E-state index contributed by atoms with van der Waals surface area (Å²) in [6.45, 7) is 5.92. The first kappa shape index (κ1) is 15.4. The first-order chi connectivity index (χ1) is 10.3. The topological polar surface area (TPSA) is 77.8 Å². The highest BCUT2D eigenvalue weighted by Gasteiger charge is 2.17. The molecular weight excluding hydrogens is 268 g/mol. The van der Waals surface area contributed by atoms with E-state index in [0.29, 0.717) is 5.88 Å². The van der Waals surface area contributed by atoms with E-state index in [-0.39, 0.29) is 6.04 Å². The summed E-state index contributed by atoms with van der Waals surface area (Å²) in [5, 5.41) is 16.0. The molecule has 0 amide bonds. The molecule has 2 heterocycles. The predicted molar refractivity (Wildman–Crippen MR) is 79.0 cm³/mol. The molecule has 0 saturated carbocycles. The van der Waals surface area contributed by atoms with E-state index in [4.69, 9.17) is 4.74 Å². The highest BCUT2D eigenvalue weighted by molar-refractivity contribution is 5.15. The van der Waals surface area contributed by atoms with Crippen molar-refractivity contribution in [1.29, 1.82) is 0 Å². The van der Waals surface area contributed by atoms with Crippen molar-refractivity contribution in [3.8, 4) is 5.88 Å². The third-order valence-electron chi connectivity index (χ3n) is 3.25. The van der Waals surface area contributed by atoms with E-state index in [1.54, 1.807) is 13.4 Å². The van der Waals surface area contributed by atoms with E-state index in [1.807, 2.05) is 16.8 Å². The van der Waals surface area contributed by atoms with Gasteiger partial charge in [0.1, 0.15) is 12.2 Å². The maximum atomic E-state index is 5.05. The molecule has 114 valence electrons. The molecule has 0 fully saturated rings. The third kappa shape index (κ3) is 3.98. The van der Waals surface area contributed by atoms with Gasteiger partial charge in [0.05, 0.1) is 18.8 Å². The number of methoxy groups -OCH3 is 1. The van der Waals surface area contributed by atoms with Gasteiger partial charge in [0.25, 0.3) is 0 Å². The second-order valence-electron chi connectivity index (χ2n) is 4.70. The number of hydrogen-bond acceptors (Lipinski definition) is 6. The van der Waals surface area contributed by atoms with Crippen molar-refractivity contribution in [2.24, 2.45) is 0 Å². The Morgan fingerprint density at radius 3 is 2.76 bits per heavy atom. The Morgan fingerprint density at radius 2 is 2.14 bits per heavy atom. The highest BCUT2D eigenvalue weighted by atomic mass is 16.5. The van der Waals surface area contributed by atoms with Gasteiger partial charge in [0.2, 0.25) is 5.88 Å². The van der Waals surface area contributed by atoms with Crippen LogP contribution in [0.15, 0.2) is 18.5 Å². The average Bonchev–Trinajstić information content (AvgIpc) is 2.98. The average molecular weight is 290 g/mol. The van der Waals surface area contributed by atoms with Gasteiger partial charge in [0.15, 0.2) is 0 Å². The summed E-state index contributed by atoms with van der Waals surface area (Å²) in [5.74, 6) is 1.47. The van der Waals surface area contributed by atoms with Crippen LogP contribution >= 0.6 is 0 Å². The highest BCUT2D eigenvalue weighted by Crippen LogP contribution is 2.16. The van der Waals surface area contributed by atoms with Crippen LogP contribution in [0.1, 0.15) is 37.8 Å². The smallest absolute Gasteiger partial charge is 0.233 e. The van der Waals surface area contributed by atoms with Crippen LogP contribution in [0, 0.1) is 0 Å². The molecule has 2 aromatic rings. The Balaban J connectivity index is 2.16. The lowest BCUT2D eigenvalue weighted by Crippen LogP contribution is -2.26. The van der Waals surface area contributed by atoms with E-state index in [1.165, 1.54) is 0 Å². The molecule has 2 rings (SSSR count). The molecule has 7 heteroatoms. The monoisotopic (exact) mass is 290 g/mol. The third-order valence-corrected chi connectivity index (χ3v) is 3.25. The molecule has 0 radical (unpaired) electrons. The van der Waals surface area contributed by atoms with Gasteiger partial charge in [-0.05, 0) is 26.0 Å². The Bertz CT molecular complexity index is 539. The molecule has 2 aromatic heterocycles. The standard InChI is InChI=1S/C14H22N6O/c1-4-8-15-12(9-13-16-10-17-20(13)5-2)11-6-7-14(21-3)19-18-11/h6-7,10,12,15H,4-5,8-9H2,1-3H3. The van der Waals surface area contributed by atoms with Gasteiger partial charge in [0, 0.05) is 19.0 Å². The summed E-state index contributed by atoms with van der Waals surface area (Å²) >= 11 is 0. The summed E-state index contributed by atoms with van der Waals surface area (Å²) in [4.78, 5) is 4.33. The van der Waals surface area contributed by atoms with Crippen molar-refractivity contribution in [3.05, 3.63) is 30.0 Å². The van der Waals surface area contributed by atoms with E-state index in [0.717, 1.165) is 37.4 Å². The summed E-state index contributed by atoms with van der Waals surface area (Å²) in [6, 6.07) is 3.83. The van der Waals surface area contributed by atoms with Crippen LogP contribution in [0.5, 0.6) is 5.88 Å². The molecule has 0 aromatic carbocycles. The molecule has 1 atom stereocenters. The quantitative estimate of drug-likeness (QED) is 0.791. The van der Waals surface area contributed by atoms with Crippen molar-refractivity contribution in [3.63, 3.8) is 0 Å². The largest absolute Gasteiger partial charge is 0.480 e. The maximum absolute atomic E-state index is 5.05. The van der Waals surface area contributed by atoms with Gasteiger partial charge >= 0.3 is 0 Å². The summed E-state index contributed by atoms with van der Waals surface area (Å²) in [6.07, 6.45) is 3.38. The number of aryl methyl sites for hydroxylation is 1. The normalized spacial score (nSPS) is 12.3. The second-order valence-corrected chi connectivity index (χ2v) is 4.70. The SMILES string of the molecule is CCCNC(Cc1ncnn1CC)c1ccc(OC)nn1. The van der Waals surface area contributed by atoms with E-state index >= 15 is 0 Å². The molecule has 0 aliphatic rings. The number of nitrogens with zero attached hydrogens (tertiary/aromatic N) is 5. The molecule has 7 nitrogen and oxygen atoms in total. The molecule has 1 unspecified atom stereocenters. The van der Waals surface area contributed by atoms with Gasteiger partial charge < -0.3 is 10.1 Å². The minimum absolute atomic E-state index is 0.0675. The number of ether oxygens (including phenoxy) is 1. The number of hydrogen-bond donors (Lipinski definition) is 1. The first-order valence-electron chi connectivity index (χ1n) is 7.26. The molecule has 0 aliphatic carbocycles. The lowest BCUT2D eigenvalue weighted by atomic mass is 10.1. The number of nitrogens with one attached hydrogen (secondary N) is 1. The zero-order chi connectivity index (χ0) is 15.1. The summed E-state index contributed by atoms with van der Waals surface area (Å²) < 4.78 is 6.95. The number of aromatic nitrogens is 5. The Morgan fingerprint density at radius 1 is 1.29 bits per heavy atom. The van der Waals surface area contributed by atoms with Crippen LogP contribution in [-0.4, -0.2) is 38.6 Å². The van der Waals surface area contributed by atoms with Crippen molar-refractivity contribution >= 4 is 0 Å². The molecular formula is C14H22N6O. The van der Waals surface area contributed by atoms with Crippen molar-refractivity contribution in [1.82, 2.24) is 30.3 Å². The van der Waals surface area contributed by atoms with E-state index in [9.17, 15) is 0 Å². The fraction of sp³-hybridized carbons (Fsp3) is 0.571. The maximum Gasteiger partial charge on any atom is 0.233 e. The van der Waals surface area contributed by atoms with Crippen molar-refractivity contribution < 1.29 is 4.74 Å². The fourth-order valence-corrected chi connectivity index (χ4v) is 2.12. The lowest BCUT2D eigenvalue weighted by molar-refractivity contribution is 0.388. The Hall–Kier alpha value is -2.02. The van der Waals surface area contributed by atoms with Crippen LogP contribution in [-0.2, 0) is 13.0 Å². The van der Waals surface area contributed by atoms with Crippen molar-refractivity contribution in [2.45, 2.75) is 39.3 Å². The zero-order valence-corrected chi connectivity index (χ0v) is 12.8. The van der Waals surface area contributed by atoms with Crippen LogP contribution in [0.4, 0.5) is 0 Å². The molecule has 0 saturated heterocycles. The molecule has 21 heavy (non-hydrogen) atoms. The fourth-order valence-electron chi connectivity index (χ4n) is 2.12. The number of rotatable bonds is 8. The predicted octanol–water partition coefficient (Wildman–Crippen LogP) is 1.38. The van der Waals surface area contributed by atoms with Gasteiger partial charge in [-0.15, -0.1) is 5.10 Å². The van der Waals surface area contributed by atoms with Crippen molar-refractivity contribution in [2.75, 3.05) is 13.7 Å². The van der Waals surface area contributed by atoms with E-state index in [2.05, 4.69) is 39.4 Å². The van der Waals surface area contributed by atoms with Gasteiger partial charge in [-0.25, -0.2) is 4.98 Å². The minimum Gasteiger partial charge on any atom is -0.480 e. The molecule has 0 spiro atoms. The van der Waals surface area contributed by atoms with Gasteiger partial charge in [-0.3, -0.25) is 4.68 Å². The molecule has 0 aliphatic heterocycles. The van der Waals surface area contributed by atoms with Crippen LogP contribution < -0.4 is 10.1 Å². The Labute approximate surface area is 124 Å². The van der Waals surface area contributed by atoms with Crippen LogP contribution in [0.2, 0.25) is 0 Å². The van der Waals surface area contributed by atoms with Gasteiger partial charge in [-0.1, -0.05) is 6.92 Å².